The molecule has 2 rings (SSSR count). The van der Waals surface area contributed by atoms with Gasteiger partial charge in [0.15, 0.2) is 0 Å². The van der Waals surface area contributed by atoms with Crippen LogP contribution in [0.2, 0.25) is 0 Å². The van der Waals surface area contributed by atoms with E-state index in [2.05, 4.69) is 0 Å². The zero-order chi connectivity index (χ0) is 11.0. The summed E-state index contributed by atoms with van der Waals surface area (Å²) in [7, 11) is 1.74. The van der Waals surface area contributed by atoms with Gasteiger partial charge in [0, 0.05) is 12.6 Å². The van der Waals surface area contributed by atoms with E-state index in [-0.39, 0.29) is 11.9 Å². The quantitative estimate of drug-likeness (QED) is 0.796. The van der Waals surface area contributed by atoms with Crippen molar-refractivity contribution in [1.82, 2.24) is 4.90 Å². The Morgan fingerprint density at radius 1 is 1.47 bits per heavy atom. The first kappa shape index (κ1) is 10.2. The number of aliphatic hydroxyl groups excluding tert-OH is 1. The topological polar surface area (TPSA) is 40.5 Å². The fourth-order valence-corrected chi connectivity index (χ4v) is 2.16. The molecule has 80 valence electrons. The minimum absolute atomic E-state index is 0.00287. The number of rotatable bonds is 2. The number of carbonyl (C=O) groups is 1. The second-order valence-electron chi connectivity index (χ2n) is 3.92. The minimum Gasteiger partial charge on any atom is -0.391 e. The highest BCUT2D eigenvalue weighted by molar-refractivity contribution is 5.99. The number of aliphatic hydroxyl groups is 1. The molecule has 1 N–H and O–H groups in total. The summed E-state index contributed by atoms with van der Waals surface area (Å²) in [5.74, 6) is 0.00287. The highest BCUT2D eigenvalue weighted by Crippen LogP contribution is 2.35. The number of amides is 1. The van der Waals surface area contributed by atoms with Crippen molar-refractivity contribution < 1.29 is 9.90 Å². The fraction of sp³-hybridized carbons (Fsp3) is 0.417. The van der Waals surface area contributed by atoms with Gasteiger partial charge in [0.1, 0.15) is 0 Å². The number of benzene rings is 1. The Bertz CT molecular complexity index is 389. The van der Waals surface area contributed by atoms with Crippen LogP contribution in [0.5, 0.6) is 0 Å². The molecule has 1 aromatic carbocycles. The minimum atomic E-state index is -0.484. The molecule has 0 fully saturated rings. The van der Waals surface area contributed by atoms with Gasteiger partial charge in [-0.25, -0.2) is 0 Å². The van der Waals surface area contributed by atoms with Crippen LogP contribution < -0.4 is 0 Å². The molecular weight excluding hydrogens is 190 g/mol. The molecule has 0 spiro atoms. The van der Waals surface area contributed by atoms with Crippen LogP contribution in [0.15, 0.2) is 24.3 Å². The van der Waals surface area contributed by atoms with Gasteiger partial charge in [0.2, 0.25) is 0 Å². The van der Waals surface area contributed by atoms with E-state index in [9.17, 15) is 9.90 Å². The number of hydrogen-bond acceptors (Lipinski definition) is 2. The van der Waals surface area contributed by atoms with Gasteiger partial charge in [-0.1, -0.05) is 25.1 Å². The summed E-state index contributed by atoms with van der Waals surface area (Å²) in [6, 6.07) is 7.31. The van der Waals surface area contributed by atoms with Crippen LogP contribution in [0.1, 0.15) is 35.3 Å². The van der Waals surface area contributed by atoms with Crippen LogP contribution >= 0.6 is 0 Å². The van der Waals surface area contributed by atoms with Gasteiger partial charge in [-0.3, -0.25) is 4.79 Å². The van der Waals surface area contributed by atoms with Crippen molar-refractivity contribution in [2.75, 3.05) is 7.05 Å². The van der Waals surface area contributed by atoms with Gasteiger partial charge in [-0.05, 0) is 18.1 Å². The number of likely N-dealkylation sites (N-methyl/N-ethyl adjacent to an activating group) is 1. The first-order chi connectivity index (χ1) is 7.16. The third-order valence-electron chi connectivity index (χ3n) is 3.03. The van der Waals surface area contributed by atoms with Gasteiger partial charge in [0.25, 0.3) is 5.91 Å². The van der Waals surface area contributed by atoms with Crippen LogP contribution in [0.4, 0.5) is 0 Å². The Hall–Kier alpha value is -1.35. The molecule has 0 radical (unpaired) electrons. The molecule has 0 bridgehead atoms. The van der Waals surface area contributed by atoms with Gasteiger partial charge in [-0.15, -0.1) is 0 Å². The second kappa shape index (κ2) is 3.66. The molecule has 0 unspecified atom stereocenters. The summed E-state index contributed by atoms with van der Waals surface area (Å²) >= 11 is 0. The third kappa shape index (κ3) is 1.43. The van der Waals surface area contributed by atoms with Crippen LogP contribution in [0.3, 0.4) is 0 Å². The Labute approximate surface area is 89.3 Å². The van der Waals surface area contributed by atoms with Crippen LogP contribution in [-0.2, 0) is 0 Å². The molecule has 0 saturated heterocycles. The predicted octanol–water partition coefficient (Wildman–Crippen LogP) is 1.58. The van der Waals surface area contributed by atoms with Gasteiger partial charge in [0.05, 0.1) is 12.1 Å². The SMILES string of the molecule is CC[C@H](O)[C@H]1c2ccccc2C(=O)N1C. The maximum absolute atomic E-state index is 11.8. The lowest BCUT2D eigenvalue weighted by atomic mass is 9.99. The molecule has 1 heterocycles. The molecule has 2 atom stereocenters. The summed E-state index contributed by atoms with van der Waals surface area (Å²) in [5, 5.41) is 9.90. The highest BCUT2D eigenvalue weighted by Gasteiger charge is 2.37. The van der Waals surface area contributed by atoms with Crippen molar-refractivity contribution in [3.05, 3.63) is 35.4 Å². The maximum Gasteiger partial charge on any atom is 0.254 e. The highest BCUT2D eigenvalue weighted by atomic mass is 16.3. The average Bonchev–Trinajstić information content (AvgIpc) is 2.52. The van der Waals surface area contributed by atoms with E-state index in [4.69, 9.17) is 0 Å². The maximum atomic E-state index is 11.8. The lowest BCUT2D eigenvalue weighted by molar-refractivity contribution is 0.0505. The molecule has 0 aliphatic carbocycles. The molecule has 0 aromatic heterocycles. The molecule has 3 nitrogen and oxygen atoms in total. The van der Waals surface area contributed by atoms with E-state index in [1.165, 1.54) is 0 Å². The summed E-state index contributed by atoms with van der Waals surface area (Å²) in [5.41, 5.74) is 1.66. The van der Waals surface area contributed by atoms with Crippen molar-refractivity contribution >= 4 is 5.91 Å². The second-order valence-corrected chi connectivity index (χ2v) is 3.92. The summed E-state index contributed by atoms with van der Waals surface area (Å²) in [4.78, 5) is 13.5. The number of hydrogen-bond donors (Lipinski definition) is 1. The molecule has 1 amide bonds. The molecule has 1 aromatic rings. The molecule has 1 aliphatic heterocycles. The van der Waals surface area contributed by atoms with Crippen LogP contribution in [0.25, 0.3) is 0 Å². The molecule has 1 aliphatic rings. The number of nitrogens with zero attached hydrogens (tertiary/aromatic N) is 1. The summed E-state index contributed by atoms with van der Waals surface area (Å²) in [6.07, 6.45) is 0.166. The fourth-order valence-electron chi connectivity index (χ4n) is 2.16. The Kier molecular flexibility index (Phi) is 2.49. The Morgan fingerprint density at radius 3 is 2.80 bits per heavy atom. The van der Waals surface area contributed by atoms with Crippen LogP contribution in [-0.4, -0.2) is 29.1 Å². The third-order valence-corrected chi connectivity index (χ3v) is 3.03. The standard InChI is InChI=1S/C12H15NO2/c1-3-10(14)11-8-6-4-5-7-9(8)12(15)13(11)2/h4-7,10-11,14H,3H2,1-2H3/t10-,11+/m0/s1. The van der Waals surface area contributed by atoms with E-state index in [0.29, 0.717) is 6.42 Å². The molecule has 15 heavy (non-hydrogen) atoms. The lowest BCUT2D eigenvalue weighted by Gasteiger charge is -2.25. The van der Waals surface area contributed by atoms with Crippen molar-refractivity contribution in [1.29, 1.82) is 0 Å². The summed E-state index contributed by atoms with van der Waals surface area (Å²) in [6.45, 7) is 1.92. The van der Waals surface area contributed by atoms with Crippen LogP contribution in [0, 0.1) is 0 Å². The summed E-state index contributed by atoms with van der Waals surface area (Å²) < 4.78 is 0. The van der Waals surface area contributed by atoms with Crippen molar-refractivity contribution in [3.8, 4) is 0 Å². The van der Waals surface area contributed by atoms with E-state index >= 15 is 0 Å². The van der Waals surface area contributed by atoms with Gasteiger partial charge >= 0.3 is 0 Å². The normalized spacial score (nSPS) is 21.7. The largest absolute Gasteiger partial charge is 0.391 e. The smallest absolute Gasteiger partial charge is 0.254 e. The number of carbonyl (C=O) groups excluding carboxylic acids is 1. The number of fused-ring (bicyclic) bond motifs is 1. The lowest BCUT2D eigenvalue weighted by Crippen LogP contribution is -2.31. The van der Waals surface area contributed by atoms with E-state index < -0.39 is 6.10 Å². The molecule has 0 saturated carbocycles. The zero-order valence-electron chi connectivity index (χ0n) is 8.97. The predicted molar refractivity (Wildman–Crippen MR) is 57.6 cm³/mol. The van der Waals surface area contributed by atoms with E-state index in [1.54, 1.807) is 11.9 Å². The van der Waals surface area contributed by atoms with E-state index in [1.807, 2.05) is 31.2 Å². The van der Waals surface area contributed by atoms with Crippen molar-refractivity contribution in [2.45, 2.75) is 25.5 Å². The van der Waals surface area contributed by atoms with Crippen molar-refractivity contribution in [3.63, 3.8) is 0 Å². The monoisotopic (exact) mass is 205 g/mol. The first-order valence-corrected chi connectivity index (χ1v) is 5.21. The van der Waals surface area contributed by atoms with Crippen molar-refractivity contribution in [2.24, 2.45) is 0 Å². The zero-order valence-corrected chi connectivity index (χ0v) is 8.97. The van der Waals surface area contributed by atoms with Gasteiger partial charge in [-0.2, -0.15) is 0 Å². The first-order valence-electron chi connectivity index (χ1n) is 5.21. The molecule has 3 heteroatoms. The van der Waals surface area contributed by atoms with Gasteiger partial charge < -0.3 is 10.0 Å². The molecular formula is C12H15NO2. The Balaban J connectivity index is 2.46. The average molecular weight is 205 g/mol. The van der Waals surface area contributed by atoms with E-state index in [0.717, 1.165) is 11.1 Å². The Morgan fingerprint density at radius 2 is 2.13 bits per heavy atom.